The van der Waals surface area contributed by atoms with Crippen LogP contribution in [0.1, 0.15) is 31.7 Å². The molecule has 1 aromatic carbocycles. The first-order chi connectivity index (χ1) is 13.1. The summed E-state index contributed by atoms with van der Waals surface area (Å²) in [5.41, 5.74) is 0.757. The Balaban J connectivity index is 1.82. The number of piperidine rings is 1. The summed E-state index contributed by atoms with van der Waals surface area (Å²) in [6.07, 6.45) is 6.77. The van der Waals surface area contributed by atoms with E-state index in [9.17, 15) is 4.79 Å². The van der Waals surface area contributed by atoms with Crippen molar-refractivity contribution in [3.63, 3.8) is 0 Å². The van der Waals surface area contributed by atoms with Crippen LogP contribution in [0.15, 0.2) is 18.2 Å². The van der Waals surface area contributed by atoms with Gasteiger partial charge in [-0.3, -0.25) is 4.79 Å². The summed E-state index contributed by atoms with van der Waals surface area (Å²) in [5, 5.41) is 2.94. The number of rotatable bonds is 9. The number of nitrogens with one attached hydrogen (secondary N) is 1. The predicted molar refractivity (Wildman–Crippen MR) is 108 cm³/mol. The summed E-state index contributed by atoms with van der Waals surface area (Å²) < 4.78 is 16.1. The molecule has 0 saturated carbocycles. The van der Waals surface area contributed by atoms with E-state index in [4.69, 9.17) is 14.2 Å². The zero-order chi connectivity index (χ0) is 19.6. The minimum Gasteiger partial charge on any atom is -0.493 e. The standard InChI is InChI=1S/C21H32N2O4/c1-16-10-14-23(15-11-16)13-5-12-22-19(24)9-7-17-6-8-18(25-2)21(27-4)20(17)26-3/h6-9,16H,5,10-15H2,1-4H3,(H,22,24)/b9-7+. The Morgan fingerprint density at radius 1 is 1.15 bits per heavy atom. The van der Waals surface area contributed by atoms with Crippen LogP contribution in [-0.2, 0) is 4.79 Å². The van der Waals surface area contributed by atoms with Gasteiger partial charge < -0.3 is 24.4 Å². The maximum absolute atomic E-state index is 12.1. The lowest BCUT2D eigenvalue weighted by atomic mass is 9.99. The van der Waals surface area contributed by atoms with Crippen LogP contribution in [0.25, 0.3) is 6.08 Å². The minimum atomic E-state index is -0.112. The molecule has 1 amide bonds. The fourth-order valence-corrected chi connectivity index (χ4v) is 3.28. The van der Waals surface area contributed by atoms with Crippen LogP contribution in [0.2, 0.25) is 0 Å². The summed E-state index contributed by atoms with van der Waals surface area (Å²) in [4.78, 5) is 14.6. The molecule has 0 unspecified atom stereocenters. The van der Waals surface area contributed by atoms with Crippen molar-refractivity contribution in [2.24, 2.45) is 5.92 Å². The van der Waals surface area contributed by atoms with Gasteiger partial charge in [0.1, 0.15) is 0 Å². The van der Waals surface area contributed by atoms with Gasteiger partial charge in [-0.1, -0.05) is 6.92 Å². The maximum Gasteiger partial charge on any atom is 0.244 e. The molecule has 1 aliphatic rings. The van der Waals surface area contributed by atoms with E-state index in [1.807, 2.05) is 6.07 Å². The molecule has 0 spiro atoms. The third-order valence-electron chi connectivity index (χ3n) is 4.98. The molecule has 1 fully saturated rings. The molecule has 1 aromatic rings. The Hall–Kier alpha value is -2.21. The Kier molecular flexibility index (Phi) is 8.45. The molecule has 1 saturated heterocycles. The minimum absolute atomic E-state index is 0.112. The van der Waals surface area contributed by atoms with Crippen LogP contribution in [0, 0.1) is 5.92 Å². The number of hydrogen-bond acceptors (Lipinski definition) is 5. The molecule has 1 heterocycles. The van der Waals surface area contributed by atoms with E-state index in [0.717, 1.165) is 24.4 Å². The molecule has 0 aliphatic carbocycles. The van der Waals surface area contributed by atoms with Gasteiger partial charge in [-0.05, 0) is 63.0 Å². The highest BCUT2D eigenvalue weighted by molar-refractivity contribution is 5.92. The molecular weight excluding hydrogens is 344 g/mol. The van der Waals surface area contributed by atoms with E-state index in [1.165, 1.54) is 32.0 Å². The van der Waals surface area contributed by atoms with Crippen molar-refractivity contribution >= 4 is 12.0 Å². The molecular formula is C21H32N2O4. The average Bonchev–Trinajstić information content (AvgIpc) is 2.69. The molecule has 1 aliphatic heterocycles. The predicted octanol–water partition coefficient (Wildman–Crippen LogP) is 2.96. The number of likely N-dealkylation sites (tertiary alicyclic amines) is 1. The second-order valence-electron chi connectivity index (χ2n) is 6.93. The van der Waals surface area contributed by atoms with E-state index < -0.39 is 0 Å². The van der Waals surface area contributed by atoms with Crippen molar-refractivity contribution in [2.45, 2.75) is 26.2 Å². The van der Waals surface area contributed by atoms with E-state index in [-0.39, 0.29) is 5.91 Å². The second kappa shape index (κ2) is 10.8. The number of carbonyl (C=O) groups is 1. The third kappa shape index (κ3) is 6.17. The largest absolute Gasteiger partial charge is 0.493 e. The van der Waals surface area contributed by atoms with Crippen LogP contribution in [0.5, 0.6) is 17.2 Å². The quantitative estimate of drug-likeness (QED) is 0.530. The molecule has 27 heavy (non-hydrogen) atoms. The van der Waals surface area contributed by atoms with Crippen molar-refractivity contribution in [3.8, 4) is 17.2 Å². The lowest BCUT2D eigenvalue weighted by Gasteiger charge is -2.30. The van der Waals surface area contributed by atoms with Gasteiger partial charge in [0.15, 0.2) is 11.5 Å². The SMILES string of the molecule is COc1ccc(/C=C/C(=O)NCCCN2CCC(C)CC2)c(OC)c1OC. The van der Waals surface area contributed by atoms with Gasteiger partial charge in [-0.25, -0.2) is 0 Å². The molecule has 0 atom stereocenters. The van der Waals surface area contributed by atoms with Gasteiger partial charge in [0.05, 0.1) is 21.3 Å². The Morgan fingerprint density at radius 3 is 2.48 bits per heavy atom. The van der Waals surface area contributed by atoms with Crippen LogP contribution < -0.4 is 19.5 Å². The number of carbonyl (C=O) groups excluding carboxylic acids is 1. The fraction of sp³-hybridized carbons (Fsp3) is 0.571. The van der Waals surface area contributed by atoms with Crippen molar-refractivity contribution in [1.29, 1.82) is 0 Å². The van der Waals surface area contributed by atoms with Crippen LogP contribution in [0.4, 0.5) is 0 Å². The summed E-state index contributed by atoms with van der Waals surface area (Å²) >= 11 is 0. The summed E-state index contributed by atoms with van der Waals surface area (Å²) in [5.74, 6) is 2.38. The highest BCUT2D eigenvalue weighted by Crippen LogP contribution is 2.40. The average molecular weight is 376 g/mol. The lowest BCUT2D eigenvalue weighted by molar-refractivity contribution is -0.116. The zero-order valence-corrected chi connectivity index (χ0v) is 16.9. The molecule has 6 nitrogen and oxygen atoms in total. The first kappa shape index (κ1) is 21.1. The number of nitrogens with zero attached hydrogens (tertiary/aromatic N) is 1. The molecule has 2 rings (SSSR count). The van der Waals surface area contributed by atoms with Gasteiger partial charge in [-0.2, -0.15) is 0 Å². The maximum atomic E-state index is 12.1. The van der Waals surface area contributed by atoms with E-state index in [2.05, 4.69) is 17.1 Å². The second-order valence-corrected chi connectivity index (χ2v) is 6.93. The van der Waals surface area contributed by atoms with Gasteiger partial charge in [0.2, 0.25) is 11.7 Å². The van der Waals surface area contributed by atoms with Crippen molar-refractivity contribution < 1.29 is 19.0 Å². The topological polar surface area (TPSA) is 60.0 Å². The number of amides is 1. The van der Waals surface area contributed by atoms with Crippen molar-refractivity contribution in [3.05, 3.63) is 23.8 Å². The normalized spacial score (nSPS) is 15.7. The van der Waals surface area contributed by atoms with Crippen LogP contribution in [-0.4, -0.2) is 58.3 Å². The van der Waals surface area contributed by atoms with Gasteiger partial charge in [0, 0.05) is 18.2 Å². The highest BCUT2D eigenvalue weighted by Gasteiger charge is 2.15. The molecule has 150 valence electrons. The number of methoxy groups -OCH3 is 3. The van der Waals surface area contributed by atoms with Crippen molar-refractivity contribution in [1.82, 2.24) is 10.2 Å². The monoisotopic (exact) mass is 376 g/mol. The smallest absolute Gasteiger partial charge is 0.244 e. The molecule has 0 radical (unpaired) electrons. The summed E-state index contributed by atoms with van der Waals surface area (Å²) in [7, 11) is 4.70. The third-order valence-corrected chi connectivity index (χ3v) is 4.98. The first-order valence-electron chi connectivity index (χ1n) is 9.56. The highest BCUT2D eigenvalue weighted by atomic mass is 16.5. The van der Waals surface area contributed by atoms with Crippen molar-refractivity contribution in [2.75, 3.05) is 47.5 Å². The lowest BCUT2D eigenvalue weighted by Crippen LogP contribution is -2.35. The van der Waals surface area contributed by atoms with Gasteiger partial charge in [-0.15, -0.1) is 0 Å². The zero-order valence-electron chi connectivity index (χ0n) is 16.9. The van der Waals surface area contributed by atoms with Gasteiger partial charge >= 0.3 is 0 Å². The Labute approximate surface area is 162 Å². The van der Waals surface area contributed by atoms with E-state index in [0.29, 0.717) is 23.8 Å². The summed E-state index contributed by atoms with van der Waals surface area (Å²) in [6, 6.07) is 3.62. The van der Waals surface area contributed by atoms with E-state index in [1.54, 1.807) is 33.5 Å². The Bertz CT molecular complexity index is 637. The van der Waals surface area contributed by atoms with E-state index >= 15 is 0 Å². The molecule has 0 aromatic heterocycles. The molecule has 1 N–H and O–H groups in total. The Morgan fingerprint density at radius 2 is 1.85 bits per heavy atom. The molecule has 6 heteroatoms. The molecule has 0 bridgehead atoms. The van der Waals surface area contributed by atoms with Gasteiger partial charge in [0.25, 0.3) is 0 Å². The fourth-order valence-electron chi connectivity index (χ4n) is 3.28. The number of hydrogen-bond donors (Lipinski definition) is 1. The summed E-state index contributed by atoms with van der Waals surface area (Å²) in [6.45, 7) is 6.39. The van der Waals surface area contributed by atoms with Crippen LogP contribution >= 0.6 is 0 Å². The first-order valence-corrected chi connectivity index (χ1v) is 9.56. The number of benzene rings is 1. The number of ether oxygens (including phenoxy) is 3. The van der Waals surface area contributed by atoms with Crippen LogP contribution in [0.3, 0.4) is 0 Å².